The summed E-state index contributed by atoms with van der Waals surface area (Å²) in [5.41, 5.74) is 0. The fraction of sp³-hybridized carbons (Fsp3) is 0.905. The monoisotopic (exact) mass is 460 g/mol. The lowest BCUT2D eigenvalue weighted by Crippen LogP contribution is -2.42. The van der Waals surface area contributed by atoms with Crippen molar-refractivity contribution in [2.75, 3.05) is 80.5 Å². The van der Waals surface area contributed by atoms with Gasteiger partial charge in [0.2, 0.25) is 0 Å². The van der Waals surface area contributed by atoms with Crippen LogP contribution in [-0.2, 0) is 0 Å². The van der Waals surface area contributed by atoms with Crippen molar-refractivity contribution in [3.05, 3.63) is 0 Å². The molecule has 0 aromatic rings. The molecule has 6 nitrogen and oxygen atoms in total. The standard InChI is InChI=1S/C9H20N3.C5H10ClN2.C4H11N.3CH4.ClH/c1-5-12(6-2)9-10(3)7-8-11(9)4;1-7-3-4-8(2)5(7)6;1-3-5-4-2;;;;/h5-8H2,1-4H3;3-4H2,1-2H3;5H,3-4H2,1-2H3;3*1H4;1H/q2*+1;;;;;. The van der Waals surface area contributed by atoms with Crippen molar-refractivity contribution in [1.82, 2.24) is 20.0 Å². The average molecular weight is 462 g/mol. The van der Waals surface area contributed by atoms with Crippen molar-refractivity contribution in [1.29, 1.82) is 0 Å². The Morgan fingerprint density at radius 1 is 0.862 bits per heavy atom. The molecule has 0 fully saturated rings. The molecule has 1 N–H and O–H groups in total. The highest BCUT2D eigenvalue weighted by molar-refractivity contribution is 6.63. The Hall–Kier alpha value is -0.720. The predicted molar refractivity (Wildman–Crippen MR) is 138 cm³/mol. The first kappa shape index (κ1) is 38.8. The minimum absolute atomic E-state index is 0. The maximum absolute atomic E-state index is 5.78. The highest BCUT2D eigenvalue weighted by atomic mass is 35.5. The number of nitrogens with one attached hydrogen (secondary N) is 1. The molecular weight excluding hydrogens is 407 g/mol. The molecule has 180 valence electrons. The van der Waals surface area contributed by atoms with Crippen LogP contribution in [0.1, 0.15) is 50.0 Å². The first-order chi connectivity index (χ1) is 11.8. The first-order valence-corrected chi connectivity index (χ1v) is 9.91. The van der Waals surface area contributed by atoms with Crippen LogP contribution >= 0.6 is 24.0 Å². The van der Waals surface area contributed by atoms with Crippen LogP contribution in [0.3, 0.4) is 0 Å². The zero-order valence-corrected chi connectivity index (χ0v) is 19.8. The maximum Gasteiger partial charge on any atom is 0.350 e. The summed E-state index contributed by atoms with van der Waals surface area (Å²) in [4.78, 5) is 6.75. The number of likely N-dealkylation sites (N-methyl/N-ethyl adjacent to an activating group) is 4. The van der Waals surface area contributed by atoms with E-state index in [0.29, 0.717) is 0 Å². The van der Waals surface area contributed by atoms with Crippen LogP contribution in [0.5, 0.6) is 0 Å². The van der Waals surface area contributed by atoms with Gasteiger partial charge in [0.15, 0.2) is 0 Å². The molecule has 0 radical (unpaired) electrons. The Labute approximate surface area is 195 Å². The molecule has 0 unspecified atom stereocenters. The average Bonchev–Trinajstić information content (AvgIpc) is 3.08. The quantitative estimate of drug-likeness (QED) is 0.513. The van der Waals surface area contributed by atoms with E-state index >= 15 is 0 Å². The van der Waals surface area contributed by atoms with Crippen molar-refractivity contribution in [2.45, 2.75) is 50.0 Å². The van der Waals surface area contributed by atoms with Crippen LogP contribution in [0.4, 0.5) is 0 Å². The Kier molecular flexibility index (Phi) is 29.4. The Balaban J connectivity index is -0.000000100. The van der Waals surface area contributed by atoms with Gasteiger partial charge in [-0.3, -0.25) is 23.9 Å². The smallest absolute Gasteiger partial charge is 0.317 e. The third-order valence-corrected chi connectivity index (χ3v) is 4.98. The van der Waals surface area contributed by atoms with E-state index in [1.807, 2.05) is 23.6 Å². The van der Waals surface area contributed by atoms with Gasteiger partial charge in [-0.1, -0.05) is 36.1 Å². The van der Waals surface area contributed by atoms with E-state index < -0.39 is 0 Å². The normalized spacial score (nSPS) is 14.4. The number of rotatable bonds is 4. The second kappa shape index (κ2) is 22.0. The summed E-state index contributed by atoms with van der Waals surface area (Å²) in [6, 6.07) is 0. The summed E-state index contributed by atoms with van der Waals surface area (Å²) in [5.74, 6) is 1.38. The highest BCUT2D eigenvalue weighted by Crippen LogP contribution is 2.02. The van der Waals surface area contributed by atoms with Gasteiger partial charge in [-0.2, -0.15) is 0 Å². The fourth-order valence-corrected chi connectivity index (χ4v) is 2.98. The lowest BCUT2D eigenvalue weighted by molar-refractivity contribution is -0.491. The molecule has 2 heterocycles. The van der Waals surface area contributed by atoms with Gasteiger partial charge in [0, 0.05) is 11.6 Å². The fourth-order valence-electron chi connectivity index (χ4n) is 2.81. The highest BCUT2D eigenvalue weighted by Gasteiger charge is 2.28. The van der Waals surface area contributed by atoms with Gasteiger partial charge in [0.05, 0.1) is 54.4 Å². The molecule has 0 saturated carbocycles. The summed E-state index contributed by atoms with van der Waals surface area (Å²) in [5, 5.41) is 3.96. The van der Waals surface area contributed by atoms with Gasteiger partial charge in [0.25, 0.3) is 0 Å². The van der Waals surface area contributed by atoms with Gasteiger partial charge in [-0.15, -0.1) is 12.4 Å². The Morgan fingerprint density at radius 2 is 1.28 bits per heavy atom. The maximum atomic E-state index is 5.78. The van der Waals surface area contributed by atoms with Crippen molar-refractivity contribution < 1.29 is 9.15 Å². The van der Waals surface area contributed by atoms with E-state index in [1.165, 1.54) is 5.96 Å². The predicted octanol–water partition coefficient (Wildman–Crippen LogP) is 3.39. The molecule has 0 amide bonds. The third kappa shape index (κ3) is 14.0. The number of nitrogens with zero attached hydrogens (tertiary/aromatic N) is 5. The largest absolute Gasteiger partial charge is 0.350 e. The zero-order chi connectivity index (χ0) is 19.4. The number of halogens is 2. The lowest BCUT2D eigenvalue weighted by Gasteiger charge is -2.19. The van der Waals surface area contributed by atoms with E-state index in [-0.39, 0.29) is 34.7 Å². The van der Waals surface area contributed by atoms with E-state index in [1.54, 1.807) is 0 Å². The molecule has 2 rings (SSSR count). The van der Waals surface area contributed by atoms with Crippen molar-refractivity contribution >= 4 is 35.3 Å². The number of amidine groups is 1. The SMILES string of the molecule is C.C.C.CCN(CC)C1=[N+](C)CCN1C.CCNCC.CN1CC[N+](C)=C1Cl.Cl. The minimum Gasteiger partial charge on any atom is -0.317 e. The molecule has 0 aromatic carbocycles. The molecule has 0 bridgehead atoms. The van der Waals surface area contributed by atoms with Gasteiger partial charge >= 0.3 is 11.3 Å². The summed E-state index contributed by atoms with van der Waals surface area (Å²) in [7, 11) is 8.31. The zero-order valence-electron chi connectivity index (χ0n) is 18.2. The van der Waals surface area contributed by atoms with Gasteiger partial charge in [-0.05, 0) is 26.9 Å². The van der Waals surface area contributed by atoms with Crippen LogP contribution < -0.4 is 5.32 Å². The molecule has 0 aliphatic carbocycles. The number of hydrogen-bond acceptors (Lipinski definition) is 4. The topological polar surface area (TPSA) is 27.8 Å². The first-order valence-electron chi connectivity index (χ1n) is 9.53. The van der Waals surface area contributed by atoms with Gasteiger partial charge in [0.1, 0.15) is 13.1 Å². The molecule has 0 aromatic heterocycles. The van der Waals surface area contributed by atoms with Gasteiger partial charge in [-0.25, -0.2) is 0 Å². The van der Waals surface area contributed by atoms with E-state index in [0.717, 1.165) is 57.7 Å². The van der Waals surface area contributed by atoms with Crippen LogP contribution in [0.15, 0.2) is 0 Å². The third-order valence-electron chi connectivity index (χ3n) is 4.40. The summed E-state index contributed by atoms with van der Waals surface area (Å²) in [6.45, 7) is 17.4. The molecule has 0 saturated heterocycles. The molecule has 8 heteroatoms. The Bertz CT molecular complexity index is 435. The molecule has 2 aliphatic heterocycles. The summed E-state index contributed by atoms with van der Waals surface area (Å²) < 4.78 is 4.36. The van der Waals surface area contributed by atoms with E-state index in [2.05, 4.69) is 61.5 Å². The molecule has 0 spiro atoms. The summed E-state index contributed by atoms with van der Waals surface area (Å²) in [6.07, 6.45) is 0. The minimum atomic E-state index is 0. The van der Waals surface area contributed by atoms with Crippen LogP contribution in [0.2, 0.25) is 0 Å². The van der Waals surface area contributed by atoms with E-state index in [9.17, 15) is 0 Å². The summed E-state index contributed by atoms with van der Waals surface area (Å²) >= 11 is 5.78. The lowest BCUT2D eigenvalue weighted by atomic mass is 10.5. The molecule has 29 heavy (non-hydrogen) atoms. The van der Waals surface area contributed by atoms with Crippen molar-refractivity contribution in [3.8, 4) is 0 Å². The van der Waals surface area contributed by atoms with Crippen LogP contribution in [0.25, 0.3) is 0 Å². The Morgan fingerprint density at radius 3 is 1.45 bits per heavy atom. The van der Waals surface area contributed by atoms with E-state index in [4.69, 9.17) is 11.6 Å². The molecule has 2 aliphatic rings. The van der Waals surface area contributed by atoms with Crippen LogP contribution in [0, 0.1) is 0 Å². The number of hydrogen-bond donors (Lipinski definition) is 1. The molecular formula is C21H54Cl2N6+2. The number of guanidine groups is 1. The van der Waals surface area contributed by atoms with Crippen molar-refractivity contribution in [2.24, 2.45) is 0 Å². The van der Waals surface area contributed by atoms with Crippen molar-refractivity contribution in [3.63, 3.8) is 0 Å². The second-order valence-corrected chi connectivity index (χ2v) is 6.72. The van der Waals surface area contributed by atoms with Crippen LogP contribution in [-0.4, -0.2) is 116 Å². The second-order valence-electron chi connectivity index (χ2n) is 6.38. The molecule has 0 atom stereocenters. The van der Waals surface area contributed by atoms with Gasteiger partial charge < -0.3 is 5.32 Å².